The molecule has 0 bridgehead atoms. The first-order chi connectivity index (χ1) is 17.8. The van der Waals surface area contributed by atoms with Crippen molar-refractivity contribution in [3.63, 3.8) is 0 Å². The number of ketones is 1. The highest BCUT2D eigenvalue weighted by Crippen LogP contribution is 2.16. The Balaban J connectivity index is 3.07. The molecular weight excluding hydrogens is 436 g/mol. The molecule has 0 unspecified atom stereocenters. The largest absolute Gasteiger partial charge is 0.300 e. The fourth-order valence-corrected chi connectivity index (χ4v) is 5.51. The molecule has 0 aromatic rings. The summed E-state index contributed by atoms with van der Waals surface area (Å²) in [6.45, 7) is 4.53. The van der Waals surface area contributed by atoms with Gasteiger partial charge in [-0.15, -0.1) is 0 Å². The van der Waals surface area contributed by atoms with Crippen LogP contribution in [0.15, 0.2) is 0 Å². The van der Waals surface area contributed by atoms with E-state index >= 15 is 0 Å². The zero-order chi connectivity index (χ0) is 26.2. The quantitative estimate of drug-likeness (QED) is 0.0829. The Bertz CT molecular complexity index is 401. The van der Waals surface area contributed by atoms with Gasteiger partial charge >= 0.3 is 0 Å². The van der Waals surface area contributed by atoms with E-state index in [-0.39, 0.29) is 0 Å². The van der Waals surface area contributed by atoms with Gasteiger partial charge in [-0.25, -0.2) is 0 Å². The summed E-state index contributed by atoms with van der Waals surface area (Å²) < 4.78 is 0. The van der Waals surface area contributed by atoms with E-state index in [4.69, 9.17) is 0 Å². The van der Waals surface area contributed by atoms with Gasteiger partial charge in [0.25, 0.3) is 0 Å². The third-order valence-corrected chi connectivity index (χ3v) is 8.12. The van der Waals surface area contributed by atoms with Crippen molar-refractivity contribution in [2.45, 2.75) is 219 Å². The van der Waals surface area contributed by atoms with E-state index in [0.29, 0.717) is 5.78 Å². The van der Waals surface area contributed by atoms with Crippen LogP contribution < -0.4 is 0 Å². The molecule has 0 N–H and O–H groups in total. The first-order valence-corrected chi connectivity index (χ1v) is 17.3. The Labute approximate surface area is 229 Å². The molecule has 0 aromatic carbocycles. The van der Waals surface area contributed by atoms with Gasteiger partial charge in [0, 0.05) is 12.8 Å². The second-order valence-corrected chi connectivity index (χ2v) is 11.9. The van der Waals surface area contributed by atoms with Gasteiger partial charge in [-0.3, -0.25) is 4.79 Å². The van der Waals surface area contributed by atoms with Crippen molar-refractivity contribution in [3.8, 4) is 0 Å². The van der Waals surface area contributed by atoms with Crippen LogP contribution >= 0.6 is 0 Å². The lowest BCUT2D eigenvalue weighted by Gasteiger charge is -2.04. The summed E-state index contributed by atoms with van der Waals surface area (Å²) in [5.74, 6) is 0.510. The molecule has 0 aliphatic carbocycles. The Morgan fingerprint density at radius 3 is 0.667 bits per heavy atom. The SMILES string of the molecule is CCCCCCCCCCCCCCCCCCCCCCCCCCCCC(=O)CCCCCC. The fraction of sp³-hybridized carbons (Fsp3) is 0.971. The van der Waals surface area contributed by atoms with Gasteiger partial charge in [-0.1, -0.05) is 194 Å². The van der Waals surface area contributed by atoms with Crippen LogP contribution in [0.4, 0.5) is 0 Å². The standard InChI is InChI=1S/C35H70O/c1-3-5-7-9-10-11-12-13-14-15-16-17-18-19-20-21-22-23-24-25-26-27-28-29-30-32-34-35(36)33-31-8-6-4-2/h3-34H2,1-2H3. The van der Waals surface area contributed by atoms with Crippen molar-refractivity contribution in [1.29, 1.82) is 0 Å². The molecule has 0 heterocycles. The highest BCUT2D eigenvalue weighted by atomic mass is 16.1. The van der Waals surface area contributed by atoms with Crippen LogP contribution in [0.2, 0.25) is 0 Å². The molecule has 0 amide bonds. The maximum atomic E-state index is 11.8. The van der Waals surface area contributed by atoms with Crippen LogP contribution in [-0.4, -0.2) is 5.78 Å². The minimum Gasteiger partial charge on any atom is -0.300 e. The number of hydrogen-bond acceptors (Lipinski definition) is 1. The maximum absolute atomic E-state index is 11.8. The van der Waals surface area contributed by atoms with Crippen molar-refractivity contribution in [2.75, 3.05) is 0 Å². The molecule has 0 aliphatic heterocycles. The fourth-order valence-electron chi connectivity index (χ4n) is 5.51. The predicted molar refractivity (Wildman–Crippen MR) is 164 cm³/mol. The molecule has 36 heavy (non-hydrogen) atoms. The van der Waals surface area contributed by atoms with E-state index < -0.39 is 0 Å². The number of Topliss-reactive ketones (excluding diaryl/α,β-unsaturated/α-hetero) is 1. The van der Waals surface area contributed by atoms with E-state index in [9.17, 15) is 4.79 Å². The molecule has 0 spiro atoms. The number of unbranched alkanes of at least 4 members (excludes halogenated alkanes) is 28. The maximum Gasteiger partial charge on any atom is 0.132 e. The van der Waals surface area contributed by atoms with Gasteiger partial charge < -0.3 is 0 Å². The summed E-state index contributed by atoms with van der Waals surface area (Å²) in [5, 5.41) is 0. The Morgan fingerprint density at radius 1 is 0.278 bits per heavy atom. The smallest absolute Gasteiger partial charge is 0.132 e. The van der Waals surface area contributed by atoms with Crippen molar-refractivity contribution in [1.82, 2.24) is 0 Å². The third-order valence-electron chi connectivity index (χ3n) is 8.12. The second kappa shape index (κ2) is 32.7. The van der Waals surface area contributed by atoms with E-state index in [1.807, 2.05) is 0 Å². The van der Waals surface area contributed by atoms with Crippen molar-refractivity contribution in [2.24, 2.45) is 0 Å². The van der Waals surface area contributed by atoms with Crippen LogP contribution in [0.3, 0.4) is 0 Å². The zero-order valence-electron chi connectivity index (χ0n) is 25.5. The molecule has 0 aliphatic rings. The highest BCUT2D eigenvalue weighted by molar-refractivity contribution is 5.78. The van der Waals surface area contributed by atoms with Crippen LogP contribution in [0.5, 0.6) is 0 Å². The van der Waals surface area contributed by atoms with Gasteiger partial charge in [0.2, 0.25) is 0 Å². The van der Waals surface area contributed by atoms with E-state index in [2.05, 4.69) is 13.8 Å². The third kappa shape index (κ3) is 31.7. The summed E-state index contributed by atoms with van der Waals surface area (Å²) in [6.07, 6.45) is 43.8. The second-order valence-electron chi connectivity index (χ2n) is 11.9. The zero-order valence-corrected chi connectivity index (χ0v) is 25.5. The number of carbonyl (C=O) groups excluding carboxylic acids is 1. The molecule has 0 radical (unpaired) electrons. The normalized spacial score (nSPS) is 11.4. The van der Waals surface area contributed by atoms with Gasteiger partial charge in [0.05, 0.1) is 0 Å². The molecule has 0 saturated carbocycles. The van der Waals surface area contributed by atoms with Crippen LogP contribution in [-0.2, 0) is 4.79 Å². The molecule has 1 nitrogen and oxygen atoms in total. The monoisotopic (exact) mass is 507 g/mol. The summed E-state index contributed by atoms with van der Waals surface area (Å²) in [6, 6.07) is 0. The molecule has 0 rings (SSSR count). The number of rotatable bonds is 32. The Kier molecular flexibility index (Phi) is 32.4. The van der Waals surface area contributed by atoms with Crippen molar-refractivity contribution in [3.05, 3.63) is 0 Å². The molecule has 0 atom stereocenters. The highest BCUT2D eigenvalue weighted by Gasteiger charge is 2.02. The summed E-state index contributed by atoms with van der Waals surface area (Å²) in [5.41, 5.74) is 0. The van der Waals surface area contributed by atoms with Crippen LogP contribution in [0.1, 0.15) is 219 Å². The predicted octanol–water partition coefficient (Wildman–Crippen LogP) is 13.1. The minimum absolute atomic E-state index is 0.510. The topological polar surface area (TPSA) is 17.1 Å². The lowest BCUT2D eigenvalue weighted by Crippen LogP contribution is -1.97. The number of carbonyl (C=O) groups is 1. The first kappa shape index (κ1) is 35.7. The Hall–Kier alpha value is -0.330. The lowest BCUT2D eigenvalue weighted by molar-refractivity contribution is -0.119. The lowest BCUT2D eigenvalue weighted by atomic mass is 10.0. The van der Waals surface area contributed by atoms with Gasteiger partial charge in [0.1, 0.15) is 5.78 Å². The van der Waals surface area contributed by atoms with Crippen molar-refractivity contribution < 1.29 is 4.79 Å². The Morgan fingerprint density at radius 2 is 0.444 bits per heavy atom. The van der Waals surface area contributed by atoms with Crippen LogP contribution in [0.25, 0.3) is 0 Å². The molecule has 0 aromatic heterocycles. The molecule has 216 valence electrons. The molecule has 1 heteroatoms. The van der Waals surface area contributed by atoms with Crippen LogP contribution in [0, 0.1) is 0 Å². The average molecular weight is 507 g/mol. The van der Waals surface area contributed by atoms with Gasteiger partial charge in [0.15, 0.2) is 0 Å². The van der Waals surface area contributed by atoms with E-state index in [0.717, 1.165) is 25.7 Å². The average Bonchev–Trinajstić information content (AvgIpc) is 2.88. The molecular formula is C35H70O. The summed E-state index contributed by atoms with van der Waals surface area (Å²) in [7, 11) is 0. The van der Waals surface area contributed by atoms with E-state index in [1.165, 1.54) is 180 Å². The number of hydrogen-bond donors (Lipinski definition) is 0. The summed E-state index contributed by atoms with van der Waals surface area (Å²) >= 11 is 0. The molecule has 0 fully saturated rings. The van der Waals surface area contributed by atoms with Gasteiger partial charge in [-0.2, -0.15) is 0 Å². The first-order valence-electron chi connectivity index (χ1n) is 17.3. The van der Waals surface area contributed by atoms with Crippen molar-refractivity contribution >= 4 is 5.78 Å². The molecule has 0 saturated heterocycles. The van der Waals surface area contributed by atoms with Gasteiger partial charge in [-0.05, 0) is 12.8 Å². The van der Waals surface area contributed by atoms with E-state index in [1.54, 1.807) is 0 Å². The minimum atomic E-state index is 0.510. The summed E-state index contributed by atoms with van der Waals surface area (Å²) in [4.78, 5) is 11.8.